The Bertz CT molecular complexity index is 996. The molecule has 3 heterocycles. The Morgan fingerprint density at radius 1 is 1.06 bits per heavy atom. The summed E-state index contributed by atoms with van der Waals surface area (Å²) in [5.41, 5.74) is 8.84. The number of nitrogens with two attached hydrogens (primary N) is 1. The van der Waals surface area contributed by atoms with Gasteiger partial charge in [-0.3, -0.25) is 4.90 Å². The molecule has 0 bridgehead atoms. The zero-order valence-corrected chi connectivity index (χ0v) is 18.8. The van der Waals surface area contributed by atoms with Crippen molar-refractivity contribution in [1.82, 2.24) is 24.8 Å². The fourth-order valence-electron chi connectivity index (χ4n) is 3.38. The van der Waals surface area contributed by atoms with E-state index in [1.807, 2.05) is 12.1 Å². The van der Waals surface area contributed by atoms with Crippen molar-refractivity contribution < 1.29 is 9.47 Å². The molecule has 1 aliphatic heterocycles. The Kier molecular flexibility index (Phi) is 7.39. The molecule has 1 fully saturated rings. The second kappa shape index (κ2) is 10.6. The van der Waals surface area contributed by atoms with Crippen LogP contribution in [-0.4, -0.2) is 64.3 Å². The predicted molar refractivity (Wildman–Crippen MR) is 122 cm³/mol. The Balaban J connectivity index is 1.33. The molecule has 9 heteroatoms. The summed E-state index contributed by atoms with van der Waals surface area (Å²) in [6.45, 7) is 4.98. The van der Waals surface area contributed by atoms with Gasteiger partial charge < -0.3 is 15.2 Å². The molecule has 31 heavy (non-hydrogen) atoms. The van der Waals surface area contributed by atoms with Crippen LogP contribution in [0.4, 0.5) is 5.82 Å². The number of hydrogen-bond acceptors (Lipinski definition) is 8. The normalized spacial score (nSPS) is 14.5. The maximum atomic E-state index is 5.93. The number of aromatic nitrogens is 4. The van der Waals surface area contributed by atoms with Crippen LogP contribution in [0.1, 0.15) is 11.3 Å². The second-order valence-electron chi connectivity index (χ2n) is 7.27. The predicted octanol–water partition coefficient (Wildman–Crippen LogP) is 2.77. The highest BCUT2D eigenvalue weighted by atomic mass is 79.9. The number of aryl methyl sites for hydroxylation is 2. The van der Waals surface area contributed by atoms with Crippen molar-refractivity contribution in [2.24, 2.45) is 0 Å². The van der Waals surface area contributed by atoms with Crippen LogP contribution in [0.2, 0.25) is 0 Å². The van der Waals surface area contributed by atoms with E-state index in [1.54, 1.807) is 18.6 Å². The number of morpholine rings is 1. The molecule has 2 N–H and O–H groups in total. The molecule has 2 aromatic heterocycles. The first kappa shape index (κ1) is 21.6. The molecule has 3 aromatic rings. The van der Waals surface area contributed by atoms with E-state index in [4.69, 9.17) is 15.2 Å². The molecule has 4 rings (SSSR count). The van der Waals surface area contributed by atoms with Gasteiger partial charge in [0.2, 0.25) is 0 Å². The monoisotopic (exact) mass is 484 g/mol. The lowest BCUT2D eigenvalue weighted by molar-refractivity contribution is 0.0322. The summed E-state index contributed by atoms with van der Waals surface area (Å²) in [5, 5.41) is 0. The highest BCUT2D eigenvalue weighted by Crippen LogP contribution is 2.20. The van der Waals surface area contributed by atoms with Gasteiger partial charge in [-0.15, -0.1) is 0 Å². The summed E-state index contributed by atoms with van der Waals surface area (Å²) in [5.74, 6) is 1.81. The van der Waals surface area contributed by atoms with E-state index >= 15 is 0 Å². The summed E-state index contributed by atoms with van der Waals surface area (Å²) in [4.78, 5) is 19.8. The second-order valence-corrected chi connectivity index (χ2v) is 8.08. The third-order valence-electron chi connectivity index (χ3n) is 5.09. The Hall–Kier alpha value is -2.62. The van der Waals surface area contributed by atoms with Crippen molar-refractivity contribution in [1.29, 1.82) is 0 Å². The molecule has 162 valence electrons. The van der Waals surface area contributed by atoms with Gasteiger partial charge in [-0.25, -0.2) is 19.9 Å². The zero-order valence-electron chi connectivity index (χ0n) is 17.2. The van der Waals surface area contributed by atoms with Gasteiger partial charge in [0.05, 0.1) is 37.5 Å². The molecule has 1 saturated heterocycles. The van der Waals surface area contributed by atoms with Crippen molar-refractivity contribution in [3.8, 4) is 17.1 Å². The van der Waals surface area contributed by atoms with Gasteiger partial charge in [-0.05, 0) is 40.4 Å². The maximum Gasteiger partial charge on any atom is 0.159 e. The van der Waals surface area contributed by atoms with E-state index in [1.165, 1.54) is 0 Å². The zero-order chi connectivity index (χ0) is 21.5. The summed E-state index contributed by atoms with van der Waals surface area (Å²) in [6.07, 6.45) is 6.56. The van der Waals surface area contributed by atoms with Gasteiger partial charge >= 0.3 is 0 Å². The number of rotatable bonds is 8. The van der Waals surface area contributed by atoms with Crippen LogP contribution in [0.3, 0.4) is 0 Å². The van der Waals surface area contributed by atoms with Gasteiger partial charge in [0, 0.05) is 25.2 Å². The van der Waals surface area contributed by atoms with Gasteiger partial charge in [0.1, 0.15) is 17.0 Å². The van der Waals surface area contributed by atoms with Crippen molar-refractivity contribution in [3.63, 3.8) is 0 Å². The van der Waals surface area contributed by atoms with Crippen LogP contribution >= 0.6 is 15.9 Å². The molecule has 0 saturated carbocycles. The van der Waals surface area contributed by atoms with Gasteiger partial charge in [-0.1, -0.05) is 18.2 Å². The minimum atomic E-state index is 0.465. The fraction of sp³-hybridized carbons (Fsp3) is 0.364. The number of nitrogens with zero attached hydrogens (tertiary/aromatic N) is 5. The topological polar surface area (TPSA) is 99.3 Å². The average Bonchev–Trinajstić information content (AvgIpc) is 2.81. The van der Waals surface area contributed by atoms with Crippen LogP contribution < -0.4 is 10.5 Å². The Morgan fingerprint density at radius 3 is 2.68 bits per heavy atom. The van der Waals surface area contributed by atoms with E-state index in [0.717, 1.165) is 56.1 Å². The van der Waals surface area contributed by atoms with Crippen LogP contribution in [-0.2, 0) is 17.6 Å². The number of anilines is 1. The van der Waals surface area contributed by atoms with Gasteiger partial charge in [-0.2, -0.15) is 0 Å². The van der Waals surface area contributed by atoms with E-state index in [9.17, 15) is 0 Å². The maximum absolute atomic E-state index is 5.93. The molecule has 8 nitrogen and oxygen atoms in total. The third-order valence-corrected chi connectivity index (χ3v) is 5.47. The van der Waals surface area contributed by atoms with E-state index < -0.39 is 0 Å². The first-order valence-electron chi connectivity index (χ1n) is 10.3. The fourth-order valence-corrected chi connectivity index (χ4v) is 3.70. The lowest BCUT2D eigenvalue weighted by Gasteiger charge is -2.26. The molecular formula is C22H25BrN6O2. The van der Waals surface area contributed by atoms with E-state index in [-0.39, 0.29) is 0 Å². The standard InChI is InChI=1S/C22H25BrN6O2/c23-20-15-25-21(24)19(28-20)5-4-16-2-1-3-17(12-16)22-26-13-18(14-27-22)31-11-8-29-6-9-30-10-7-29/h1-3,12-15H,4-11H2,(H2,24,25). The smallest absolute Gasteiger partial charge is 0.159 e. The number of halogens is 1. The van der Waals surface area contributed by atoms with Crippen molar-refractivity contribution in [3.05, 3.63) is 58.7 Å². The molecule has 0 atom stereocenters. The van der Waals surface area contributed by atoms with Crippen molar-refractivity contribution >= 4 is 21.7 Å². The molecule has 0 radical (unpaired) electrons. The molecule has 0 aliphatic carbocycles. The Morgan fingerprint density at radius 2 is 1.87 bits per heavy atom. The third kappa shape index (κ3) is 6.19. The summed E-state index contributed by atoms with van der Waals surface area (Å²) >= 11 is 3.34. The molecule has 1 aromatic carbocycles. The van der Waals surface area contributed by atoms with E-state index in [2.05, 4.69) is 52.9 Å². The first-order chi connectivity index (χ1) is 15.2. The summed E-state index contributed by atoms with van der Waals surface area (Å²) in [7, 11) is 0. The molecule has 0 unspecified atom stereocenters. The number of hydrogen-bond donors (Lipinski definition) is 1. The van der Waals surface area contributed by atoms with Crippen LogP contribution in [0.25, 0.3) is 11.4 Å². The molecule has 0 amide bonds. The first-order valence-corrected chi connectivity index (χ1v) is 11.1. The lowest BCUT2D eigenvalue weighted by Crippen LogP contribution is -2.38. The van der Waals surface area contributed by atoms with Crippen LogP contribution in [0.5, 0.6) is 5.75 Å². The lowest BCUT2D eigenvalue weighted by atomic mass is 10.0. The van der Waals surface area contributed by atoms with E-state index in [0.29, 0.717) is 35.0 Å². The summed E-state index contributed by atoms with van der Waals surface area (Å²) in [6, 6.07) is 8.19. The Labute approximate surface area is 190 Å². The SMILES string of the molecule is Nc1ncc(Br)nc1CCc1cccc(-c2ncc(OCCN3CCOCC3)cn2)c1. The highest BCUT2D eigenvalue weighted by Gasteiger charge is 2.10. The van der Waals surface area contributed by atoms with Crippen molar-refractivity contribution in [2.45, 2.75) is 12.8 Å². The van der Waals surface area contributed by atoms with Crippen molar-refractivity contribution in [2.75, 3.05) is 45.2 Å². The molecule has 1 aliphatic rings. The average molecular weight is 485 g/mol. The van der Waals surface area contributed by atoms with Gasteiger partial charge in [0.25, 0.3) is 0 Å². The van der Waals surface area contributed by atoms with Gasteiger partial charge in [0.15, 0.2) is 11.6 Å². The van der Waals surface area contributed by atoms with Crippen LogP contribution in [0, 0.1) is 0 Å². The summed E-state index contributed by atoms with van der Waals surface area (Å²) < 4.78 is 11.8. The largest absolute Gasteiger partial charge is 0.489 e. The highest BCUT2D eigenvalue weighted by molar-refractivity contribution is 9.10. The quantitative estimate of drug-likeness (QED) is 0.520. The number of benzene rings is 1. The molecular weight excluding hydrogens is 460 g/mol. The molecule has 0 spiro atoms. The minimum Gasteiger partial charge on any atom is -0.489 e. The van der Waals surface area contributed by atoms with Crippen LogP contribution in [0.15, 0.2) is 47.5 Å². The minimum absolute atomic E-state index is 0.465. The number of ether oxygens (including phenoxy) is 2. The number of nitrogen functional groups attached to an aromatic ring is 1.